The molecule has 0 saturated heterocycles. The topological polar surface area (TPSA) is 58.7 Å². The van der Waals surface area contributed by atoms with Gasteiger partial charge >= 0.3 is 0 Å². The van der Waals surface area contributed by atoms with Crippen molar-refractivity contribution in [2.24, 2.45) is 16.6 Å². The fourth-order valence-corrected chi connectivity index (χ4v) is 5.18. The van der Waals surface area contributed by atoms with Gasteiger partial charge in [0.15, 0.2) is 0 Å². The number of hydrogen-bond acceptors (Lipinski definition) is 3. The lowest BCUT2D eigenvalue weighted by Gasteiger charge is -2.38. The van der Waals surface area contributed by atoms with Gasteiger partial charge in [-0.05, 0) is 43.2 Å². The van der Waals surface area contributed by atoms with Gasteiger partial charge in [-0.1, -0.05) is 60.7 Å². The zero-order valence-electron chi connectivity index (χ0n) is 15.8. The standard InChI is InChI=1S/C23H27N3O/c1-17-25-14-15-26(17)21-13-12-20(16-21)23(22(24)27,18-8-4-2-5-9-18)19-10-6-3-7-11-19/h2-11,20-21H,12-16H2,1H3,(H2,24,27)/t20-,21-/m0/s1. The Morgan fingerprint density at radius 2 is 1.63 bits per heavy atom. The van der Waals surface area contributed by atoms with Gasteiger partial charge in [-0.15, -0.1) is 0 Å². The van der Waals surface area contributed by atoms with E-state index in [1.54, 1.807) is 0 Å². The molecule has 2 aromatic rings. The largest absolute Gasteiger partial charge is 0.369 e. The fraction of sp³-hybridized carbons (Fsp3) is 0.391. The molecule has 0 spiro atoms. The van der Waals surface area contributed by atoms with Crippen LogP contribution >= 0.6 is 0 Å². The van der Waals surface area contributed by atoms with Crippen molar-refractivity contribution in [2.75, 3.05) is 13.1 Å². The highest BCUT2D eigenvalue weighted by atomic mass is 16.1. The van der Waals surface area contributed by atoms with Crippen LogP contribution in [0.15, 0.2) is 65.7 Å². The molecule has 2 aliphatic rings. The number of aliphatic imine (C=N–C) groups is 1. The van der Waals surface area contributed by atoms with Crippen LogP contribution in [0.1, 0.15) is 37.3 Å². The SMILES string of the molecule is CC1=NCCN1[C@H]1CC[C@H](C(C(N)=O)(c2ccccc2)c2ccccc2)C1. The van der Waals surface area contributed by atoms with Crippen molar-refractivity contribution >= 4 is 11.7 Å². The van der Waals surface area contributed by atoms with Crippen molar-refractivity contribution in [1.82, 2.24) is 4.90 Å². The Balaban J connectivity index is 1.77. The van der Waals surface area contributed by atoms with E-state index >= 15 is 0 Å². The molecule has 4 rings (SSSR count). The molecule has 0 radical (unpaired) electrons. The molecule has 1 amide bonds. The third-order valence-electron chi connectivity index (χ3n) is 6.40. The summed E-state index contributed by atoms with van der Waals surface area (Å²) in [5, 5.41) is 0. The summed E-state index contributed by atoms with van der Waals surface area (Å²) in [6.45, 7) is 3.96. The van der Waals surface area contributed by atoms with Crippen LogP contribution < -0.4 is 5.73 Å². The Hall–Kier alpha value is -2.62. The lowest BCUT2D eigenvalue weighted by atomic mass is 9.64. The summed E-state index contributed by atoms with van der Waals surface area (Å²) in [4.78, 5) is 20.1. The van der Waals surface area contributed by atoms with Crippen LogP contribution in [0.3, 0.4) is 0 Å². The van der Waals surface area contributed by atoms with Crippen LogP contribution in [0.4, 0.5) is 0 Å². The number of amides is 1. The number of carbonyl (C=O) groups excluding carboxylic acids is 1. The van der Waals surface area contributed by atoms with Gasteiger partial charge in [0, 0.05) is 12.6 Å². The molecule has 0 unspecified atom stereocenters. The van der Waals surface area contributed by atoms with Crippen LogP contribution in [0.5, 0.6) is 0 Å². The van der Waals surface area contributed by atoms with Crippen molar-refractivity contribution in [1.29, 1.82) is 0 Å². The van der Waals surface area contributed by atoms with Crippen LogP contribution in [0, 0.1) is 5.92 Å². The summed E-state index contributed by atoms with van der Waals surface area (Å²) in [5.41, 5.74) is 7.38. The molecule has 4 nitrogen and oxygen atoms in total. The molecule has 2 atom stereocenters. The first-order chi connectivity index (χ1) is 13.1. The molecule has 1 aliphatic carbocycles. The minimum Gasteiger partial charge on any atom is -0.369 e. The third kappa shape index (κ3) is 2.93. The number of amidine groups is 1. The monoisotopic (exact) mass is 361 g/mol. The summed E-state index contributed by atoms with van der Waals surface area (Å²) < 4.78 is 0. The normalized spacial score (nSPS) is 22.7. The van der Waals surface area contributed by atoms with E-state index in [1.165, 1.54) is 0 Å². The Morgan fingerprint density at radius 3 is 2.11 bits per heavy atom. The number of nitrogens with zero attached hydrogens (tertiary/aromatic N) is 2. The lowest BCUT2D eigenvalue weighted by Crippen LogP contribution is -2.48. The number of benzene rings is 2. The van der Waals surface area contributed by atoms with Gasteiger partial charge in [0.25, 0.3) is 0 Å². The minimum atomic E-state index is -0.790. The molecule has 0 aromatic heterocycles. The molecule has 1 aliphatic heterocycles. The summed E-state index contributed by atoms with van der Waals surface area (Å²) in [5.74, 6) is 1.06. The summed E-state index contributed by atoms with van der Waals surface area (Å²) in [6.07, 6.45) is 3.02. The van der Waals surface area contributed by atoms with E-state index in [9.17, 15) is 4.79 Å². The Bertz CT molecular complexity index is 792. The molecule has 2 N–H and O–H groups in total. The number of rotatable bonds is 5. The maximum absolute atomic E-state index is 13.1. The van der Waals surface area contributed by atoms with E-state index in [-0.39, 0.29) is 11.8 Å². The van der Waals surface area contributed by atoms with Crippen LogP contribution in [-0.4, -0.2) is 35.8 Å². The fourth-order valence-electron chi connectivity index (χ4n) is 5.18. The van der Waals surface area contributed by atoms with E-state index in [2.05, 4.69) is 16.8 Å². The van der Waals surface area contributed by atoms with Crippen molar-refractivity contribution in [3.8, 4) is 0 Å². The average Bonchev–Trinajstić information content (AvgIpc) is 3.33. The van der Waals surface area contributed by atoms with Gasteiger partial charge in [0.05, 0.1) is 12.4 Å². The van der Waals surface area contributed by atoms with Gasteiger partial charge in [0.1, 0.15) is 5.41 Å². The second-order valence-electron chi connectivity index (χ2n) is 7.69. The molecule has 2 aromatic carbocycles. The van der Waals surface area contributed by atoms with Crippen molar-refractivity contribution in [3.05, 3.63) is 71.8 Å². The van der Waals surface area contributed by atoms with Crippen molar-refractivity contribution < 1.29 is 4.79 Å². The molecular weight excluding hydrogens is 334 g/mol. The molecular formula is C23H27N3O. The molecule has 1 fully saturated rings. The number of hydrogen-bond donors (Lipinski definition) is 1. The highest BCUT2D eigenvalue weighted by Crippen LogP contribution is 2.48. The average molecular weight is 361 g/mol. The van der Waals surface area contributed by atoms with E-state index < -0.39 is 5.41 Å². The van der Waals surface area contributed by atoms with Crippen LogP contribution in [-0.2, 0) is 10.2 Å². The van der Waals surface area contributed by atoms with Gasteiger partial charge in [-0.3, -0.25) is 9.79 Å². The zero-order chi connectivity index (χ0) is 18.9. The molecule has 0 bridgehead atoms. The van der Waals surface area contributed by atoms with Crippen LogP contribution in [0.25, 0.3) is 0 Å². The Kier molecular flexibility index (Phi) is 4.73. The first-order valence-electron chi connectivity index (χ1n) is 9.82. The smallest absolute Gasteiger partial charge is 0.232 e. The third-order valence-corrected chi connectivity index (χ3v) is 6.40. The van der Waals surface area contributed by atoms with E-state index in [0.29, 0.717) is 6.04 Å². The first kappa shape index (κ1) is 17.8. The van der Waals surface area contributed by atoms with Crippen molar-refractivity contribution in [3.63, 3.8) is 0 Å². The molecule has 1 saturated carbocycles. The van der Waals surface area contributed by atoms with E-state index in [0.717, 1.165) is 49.3 Å². The summed E-state index contributed by atoms with van der Waals surface area (Å²) in [6, 6.07) is 20.6. The van der Waals surface area contributed by atoms with Crippen molar-refractivity contribution in [2.45, 2.75) is 37.6 Å². The predicted octanol–water partition coefficient (Wildman–Crippen LogP) is 3.36. The van der Waals surface area contributed by atoms with E-state index in [4.69, 9.17) is 5.73 Å². The maximum Gasteiger partial charge on any atom is 0.232 e. The second kappa shape index (κ2) is 7.18. The van der Waals surface area contributed by atoms with Gasteiger partial charge in [-0.25, -0.2) is 0 Å². The second-order valence-corrected chi connectivity index (χ2v) is 7.69. The summed E-state index contributed by atoms with van der Waals surface area (Å²) in [7, 11) is 0. The molecule has 4 heteroatoms. The van der Waals surface area contributed by atoms with Gasteiger partial charge < -0.3 is 10.6 Å². The Morgan fingerprint density at radius 1 is 1.04 bits per heavy atom. The van der Waals surface area contributed by atoms with Gasteiger partial charge in [-0.2, -0.15) is 0 Å². The lowest BCUT2D eigenvalue weighted by molar-refractivity contribution is -0.123. The summed E-state index contributed by atoms with van der Waals surface area (Å²) >= 11 is 0. The molecule has 27 heavy (non-hydrogen) atoms. The number of carbonyl (C=O) groups is 1. The molecule has 140 valence electrons. The minimum absolute atomic E-state index is 0.179. The first-order valence-corrected chi connectivity index (χ1v) is 9.82. The number of primary amides is 1. The van der Waals surface area contributed by atoms with Gasteiger partial charge in [0.2, 0.25) is 5.91 Å². The van der Waals surface area contributed by atoms with E-state index in [1.807, 2.05) is 60.7 Å². The zero-order valence-corrected chi connectivity index (χ0v) is 15.8. The quantitative estimate of drug-likeness (QED) is 0.888. The Labute approximate surface area is 161 Å². The van der Waals surface area contributed by atoms with Crippen LogP contribution in [0.2, 0.25) is 0 Å². The highest BCUT2D eigenvalue weighted by Gasteiger charge is 2.50. The number of nitrogens with two attached hydrogens (primary N) is 1. The highest BCUT2D eigenvalue weighted by molar-refractivity contribution is 5.91. The predicted molar refractivity (Wildman–Crippen MR) is 109 cm³/mol. The molecule has 1 heterocycles. The maximum atomic E-state index is 13.1.